The average Bonchev–Trinajstić information content (AvgIpc) is 2.62. The van der Waals surface area contributed by atoms with E-state index in [4.69, 9.17) is 4.74 Å². The predicted octanol–water partition coefficient (Wildman–Crippen LogP) is 2.04. The first-order chi connectivity index (χ1) is 11.7. The van der Waals surface area contributed by atoms with Gasteiger partial charge in [-0.1, -0.05) is 43.5 Å². The molecular formula is C19H26N2O3. The summed E-state index contributed by atoms with van der Waals surface area (Å²) in [5, 5.41) is 3.00. The van der Waals surface area contributed by atoms with Gasteiger partial charge >= 0.3 is 0 Å². The lowest BCUT2D eigenvalue weighted by Crippen LogP contribution is -2.40. The zero-order chi connectivity index (χ0) is 16.8. The Morgan fingerprint density at radius 1 is 1.08 bits per heavy atom. The molecule has 0 unspecified atom stereocenters. The highest BCUT2D eigenvalue weighted by molar-refractivity contribution is 5.80. The van der Waals surface area contributed by atoms with Gasteiger partial charge in [0.05, 0.1) is 0 Å². The molecule has 130 valence electrons. The summed E-state index contributed by atoms with van der Waals surface area (Å²) in [6.45, 7) is 1.28. The summed E-state index contributed by atoms with van der Waals surface area (Å²) >= 11 is 0. The van der Waals surface area contributed by atoms with Crippen molar-refractivity contribution >= 4 is 11.8 Å². The van der Waals surface area contributed by atoms with Crippen molar-refractivity contribution in [1.82, 2.24) is 10.2 Å². The predicted molar refractivity (Wildman–Crippen MR) is 91.4 cm³/mol. The fourth-order valence-corrected chi connectivity index (χ4v) is 3.55. The Balaban J connectivity index is 1.37. The highest BCUT2D eigenvalue weighted by atomic mass is 16.5. The molecule has 24 heavy (non-hydrogen) atoms. The third-order valence-corrected chi connectivity index (χ3v) is 4.91. The van der Waals surface area contributed by atoms with Gasteiger partial charge in [0.25, 0.3) is 0 Å². The van der Waals surface area contributed by atoms with Gasteiger partial charge in [0.2, 0.25) is 11.8 Å². The van der Waals surface area contributed by atoms with Crippen molar-refractivity contribution in [3.63, 3.8) is 0 Å². The third-order valence-electron chi connectivity index (χ3n) is 4.91. The summed E-state index contributed by atoms with van der Waals surface area (Å²) in [6.07, 6.45) is 6.61. The van der Waals surface area contributed by atoms with Crippen LogP contribution in [0.2, 0.25) is 0 Å². The van der Waals surface area contributed by atoms with Crippen LogP contribution in [0.4, 0.5) is 0 Å². The normalized spacial score (nSPS) is 18.1. The van der Waals surface area contributed by atoms with E-state index >= 15 is 0 Å². The van der Waals surface area contributed by atoms with Crippen LogP contribution in [0.5, 0.6) is 0 Å². The quantitative estimate of drug-likeness (QED) is 0.899. The second-order valence-corrected chi connectivity index (χ2v) is 6.73. The summed E-state index contributed by atoms with van der Waals surface area (Å²) in [7, 11) is 0. The van der Waals surface area contributed by atoms with Crippen molar-refractivity contribution in [2.75, 3.05) is 19.8 Å². The number of ether oxygens (including phenoxy) is 1. The molecule has 0 spiro atoms. The summed E-state index contributed by atoms with van der Waals surface area (Å²) in [5.74, 6) is -0.159. The fourth-order valence-electron chi connectivity index (χ4n) is 3.55. The molecule has 1 heterocycles. The van der Waals surface area contributed by atoms with Gasteiger partial charge < -0.3 is 15.0 Å². The zero-order valence-electron chi connectivity index (χ0n) is 14.1. The van der Waals surface area contributed by atoms with Gasteiger partial charge in [-0.15, -0.1) is 0 Å². The topological polar surface area (TPSA) is 58.6 Å². The highest BCUT2D eigenvalue weighted by Crippen LogP contribution is 2.19. The van der Waals surface area contributed by atoms with E-state index in [0.29, 0.717) is 13.1 Å². The summed E-state index contributed by atoms with van der Waals surface area (Å²) in [6, 6.07) is 8.49. The van der Waals surface area contributed by atoms with E-state index < -0.39 is 0 Å². The smallest absolute Gasteiger partial charge is 0.248 e. The maximum Gasteiger partial charge on any atom is 0.248 e. The van der Waals surface area contributed by atoms with E-state index in [0.717, 1.165) is 19.3 Å². The Kier molecular flexibility index (Phi) is 5.86. The van der Waals surface area contributed by atoms with Crippen LogP contribution in [0.3, 0.4) is 0 Å². The number of nitrogens with zero attached hydrogens (tertiary/aromatic N) is 1. The molecular weight excluding hydrogens is 304 g/mol. The van der Waals surface area contributed by atoms with Crippen LogP contribution in [-0.4, -0.2) is 42.5 Å². The Labute approximate surface area is 143 Å². The average molecular weight is 330 g/mol. The first kappa shape index (κ1) is 17.0. The van der Waals surface area contributed by atoms with Gasteiger partial charge in [-0.25, -0.2) is 0 Å². The number of carbonyl (C=O) groups excluding carboxylic acids is 2. The molecule has 0 aromatic heterocycles. The van der Waals surface area contributed by atoms with Crippen molar-refractivity contribution in [2.24, 2.45) is 0 Å². The minimum Gasteiger partial charge on any atom is -0.362 e. The summed E-state index contributed by atoms with van der Waals surface area (Å²) in [5.41, 5.74) is 2.52. The lowest BCUT2D eigenvalue weighted by Gasteiger charge is -2.28. The molecule has 0 saturated heterocycles. The summed E-state index contributed by atoms with van der Waals surface area (Å²) in [4.78, 5) is 25.9. The third kappa shape index (κ3) is 4.57. The number of carbonyl (C=O) groups is 2. The SMILES string of the molecule is O=C(COCC(=O)N1CCc2ccccc2C1)NC1CCCCC1. The van der Waals surface area contributed by atoms with Gasteiger partial charge in [-0.05, 0) is 30.4 Å². The molecule has 0 atom stereocenters. The van der Waals surface area contributed by atoms with E-state index in [-0.39, 0.29) is 31.1 Å². The van der Waals surface area contributed by atoms with Crippen molar-refractivity contribution in [1.29, 1.82) is 0 Å². The maximum absolute atomic E-state index is 12.2. The van der Waals surface area contributed by atoms with Crippen LogP contribution < -0.4 is 5.32 Å². The van der Waals surface area contributed by atoms with Gasteiger partial charge in [0.1, 0.15) is 13.2 Å². The maximum atomic E-state index is 12.2. The van der Waals surface area contributed by atoms with Gasteiger partial charge in [-0.3, -0.25) is 9.59 Å². The second kappa shape index (κ2) is 8.29. The Hall–Kier alpha value is -1.88. The zero-order valence-corrected chi connectivity index (χ0v) is 14.1. The lowest BCUT2D eigenvalue weighted by molar-refractivity contribution is -0.139. The molecule has 2 aliphatic rings. The number of hydrogen-bond donors (Lipinski definition) is 1. The molecule has 2 amide bonds. The van der Waals surface area contributed by atoms with E-state index in [2.05, 4.69) is 17.4 Å². The number of amides is 2. The largest absolute Gasteiger partial charge is 0.362 e. The van der Waals surface area contributed by atoms with Gasteiger partial charge in [-0.2, -0.15) is 0 Å². The number of benzene rings is 1. The molecule has 1 aliphatic carbocycles. The first-order valence-corrected chi connectivity index (χ1v) is 8.94. The fraction of sp³-hybridized carbons (Fsp3) is 0.579. The van der Waals surface area contributed by atoms with Crippen LogP contribution in [-0.2, 0) is 27.3 Å². The molecule has 1 saturated carbocycles. The number of hydrogen-bond acceptors (Lipinski definition) is 3. The lowest BCUT2D eigenvalue weighted by atomic mass is 9.95. The highest BCUT2D eigenvalue weighted by Gasteiger charge is 2.21. The Morgan fingerprint density at radius 2 is 1.83 bits per heavy atom. The molecule has 1 N–H and O–H groups in total. The van der Waals surface area contributed by atoms with Crippen molar-refractivity contribution in [3.8, 4) is 0 Å². The Bertz CT molecular complexity index is 582. The molecule has 1 aromatic rings. The van der Waals surface area contributed by atoms with E-state index in [9.17, 15) is 9.59 Å². The molecule has 0 bridgehead atoms. The van der Waals surface area contributed by atoms with Crippen LogP contribution in [0.1, 0.15) is 43.2 Å². The molecule has 1 aromatic carbocycles. The number of rotatable bonds is 5. The standard InChI is InChI=1S/C19H26N2O3/c22-18(20-17-8-2-1-3-9-17)13-24-14-19(23)21-11-10-15-6-4-5-7-16(15)12-21/h4-7,17H,1-3,8-14H2,(H,20,22). The molecule has 5 nitrogen and oxygen atoms in total. The first-order valence-electron chi connectivity index (χ1n) is 8.94. The number of fused-ring (bicyclic) bond motifs is 1. The van der Waals surface area contributed by atoms with Crippen molar-refractivity contribution < 1.29 is 14.3 Å². The minimum absolute atomic E-state index is 0.0275. The minimum atomic E-state index is -0.112. The van der Waals surface area contributed by atoms with E-state index in [1.807, 2.05) is 12.1 Å². The number of nitrogens with one attached hydrogen (secondary N) is 1. The molecule has 3 rings (SSSR count). The summed E-state index contributed by atoms with van der Waals surface area (Å²) < 4.78 is 5.34. The van der Waals surface area contributed by atoms with Crippen LogP contribution in [0, 0.1) is 0 Å². The monoisotopic (exact) mass is 330 g/mol. The van der Waals surface area contributed by atoms with E-state index in [1.54, 1.807) is 4.90 Å². The van der Waals surface area contributed by atoms with Gasteiger partial charge in [0, 0.05) is 19.1 Å². The van der Waals surface area contributed by atoms with Crippen molar-refractivity contribution in [2.45, 2.75) is 51.1 Å². The van der Waals surface area contributed by atoms with Crippen molar-refractivity contribution in [3.05, 3.63) is 35.4 Å². The Morgan fingerprint density at radius 3 is 2.62 bits per heavy atom. The second-order valence-electron chi connectivity index (χ2n) is 6.73. The van der Waals surface area contributed by atoms with E-state index in [1.165, 1.54) is 30.4 Å². The molecule has 1 fully saturated rings. The van der Waals surface area contributed by atoms with Crippen LogP contribution in [0.25, 0.3) is 0 Å². The van der Waals surface area contributed by atoms with Crippen LogP contribution in [0.15, 0.2) is 24.3 Å². The molecule has 5 heteroatoms. The van der Waals surface area contributed by atoms with Gasteiger partial charge in [0.15, 0.2) is 0 Å². The molecule has 1 aliphatic heterocycles. The molecule has 0 radical (unpaired) electrons. The van der Waals surface area contributed by atoms with Crippen LogP contribution >= 0.6 is 0 Å².